The Bertz CT molecular complexity index is 3190. The van der Waals surface area contributed by atoms with E-state index in [9.17, 15) is 2.74 Å². The first-order valence-corrected chi connectivity index (χ1v) is 14.3. The van der Waals surface area contributed by atoms with Crippen LogP contribution in [0.15, 0.2) is 174 Å². The second-order valence-corrected chi connectivity index (χ2v) is 10.6. The Kier molecular flexibility index (Phi) is 3.50. The SMILES string of the molecule is [2H]c1c([2H])c([2H])c(-c2c([2H])c([2H])c(-c3c4ccccc4c(-c4cc(-c5c([2H])c([2H])c([2H])c([2H])c5[2H])c5c(c4)oc4ccccc45)c4ccccc34)c([2H])c2[2H])c([2H])c1[2H]. The summed E-state index contributed by atoms with van der Waals surface area (Å²) in [7, 11) is 0. The molecule has 9 aromatic rings. The van der Waals surface area contributed by atoms with Gasteiger partial charge < -0.3 is 4.42 Å². The van der Waals surface area contributed by atoms with Crippen LogP contribution in [0.3, 0.4) is 0 Å². The van der Waals surface area contributed by atoms with Crippen LogP contribution in [0.4, 0.5) is 0 Å². The standard InChI is InChI=1S/C44H28O/c1-3-13-29(14-4-1)30-23-25-32(26-24-30)42-34-17-7-9-19-36(34)43(37-20-10-8-18-35(37)42)33-27-39(31-15-5-2-6-16-31)44-38-21-11-12-22-40(38)45-41(44)28-33/h1-28H/i1D,2D,3D,4D,5D,6D,13D,14D,15D,16D,23D,24D,25D,26D. The molecule has 0 aliphatic carbocycles. The Morgan fingerprint density at radius 3 is 1.44 bits per heavy atom. The molecule has 0 aliphatic rings. The van der Waals surface area contributed by atoms with Gasteiger partial charge in [-0.3, -0.25) is 0 Å². The van der Waals surface area contributed by atoms with E-state index in [1.54, 1.807) is 36.4 Å². The van der Waals surface area contributed by atoms with E-state index in [0.717, 1.165) is 0 Å². The Balaban J connectivity index is 1.40. The lowest BCUT2D eigenvalue weighted by Crippen LogP contribution is -1.92. The van der Waals surface area contributed by atoms with Crippen LogP contribution in [0.2, 0.25) is 0 Å². The topological polar surface area (TPSA) is 13.1 Å². The Morgan fingerprint density at radius 1 is 0.378 bits per heavy atom. The second-order valence-electron chi connectivity index (χ2n) is 10.6. The van der Waals surface area contributed by atoms with Crippen molar-refractivity contribution in [2.45, 2.75) is 0 Å². The van der Waals surface area contributed by atoms with Crippen molar-refractivity contribution in [2.24, 2.45) is 0 Å². The lowest BCUT2D eigenvalue weighted by Gasteiger charge is -2.18. The first kappa shape index (κ1) is 15.2. The summed E-state index contributed by atoms with van der Waals surface area (Å²) in [6.07, 6.45) is 0. The molecule has 9 rings (SSSR count). The molecule has 210 valence electrons. The summed E-state index contributed by atoms with van der Waals surface area (Å²) in [5.41, 5.74) is 2.03. The van der Waals surface area contributed by atoms with Crippen LogP contribution in [-0.2, 0) is 0 Å². The van der Waals surface area contributed by atoms with E-state index in [4.69, 9.17) is 20.9 Å². The maximum absolute atomic E-state index is 9.34. The van der Waals surface area contributed by atoms with Crippen molar-refractivity contribution in [3.8, 4) is 44.5 Å². The molecule has 1 aromatic heterocycles. The minimum Gasteiger partial charge on any atom is -0.456 e. The summed E-state index contributed by atoms with van der Waals surface area (Å²) >= 11 is 0. The zero-order valence-electron chi connectivity index (χ0n) is 37.5. The van der Waals surface area contributed by atoms with Crippen molar-refractivity contribution in [3.05, 3.63) is 170 Å². The molecule has 0 bridgehead atoms. The first-order chi connectivity index (χ1) is 28.1. The molecule has 45 heavy (non-hydrogen) atoms. The van der Waals surface area contributed by atoms with Gasteiger partial charge in [0.15, 0.2) is 0 Å². The fourth-order valence-corrected chi connectivity index (χ4v) is 6.23. The molecule has 0 spiro atoms. The van der Waals surface area contributed by atoms with Crippen molar-refractivity contribution in [1.29, 1.82) is 0 Å². The van der Waals surface area contributed by atoms with Crippen molar-refractivity contribution >= 4 is 43.5 Å². The highest BCUT2D eigenvalue weighted by Gasteiger charge is 2.20. The molecule has 0 fully saturated rings. The van der Waals surface area contributed by atoms with E-state index in [0.29, 0.717) is 65.7 Å². The fourth-order valence-electron chi connectivity index (χ4n) is 6.23. The molecule has 0 amide bonds. The summed E-state index contributed by atoms with van der Waals surface area (Å²) in [4.78, 5) is 0. The van der Waals surface area contributed by atoms with Crippen LogP contribution < -0.4 is 0 Å². The van der Waals surface area contributed by atoms with E-state index in [1.807, 2.05) is 48.5 Å². The molecule has 1 nitrogen and oxygen atoms in total. The molecule has 0 radical (unpaired) electrons. The van der Waals surface area contributed by atoms with Crippen LogP contribution in [-0.4, -0.2) is 0 Å². The first-order valence-electron chi connectivity index (χ1n) is 21.3. The molecular weight excluding hydrogens is 544 g/mol. The third kappa shape index (κ3) is 4.17. The van der Waals surface area contributed by atoms with Gasteiger partial charge in [-0.2, -0.15) is 0 Å². The van der Waals surface area contributed by atoms with E-state index in [-0.39, 0.29) is 23.2 Å². The Morgan fingerprint density at radius 2 is 0.844 bits per heavy atom. The highest BCUT2D eigenvalue weighted by atomic mass is 16.3. The zero-order valence-corrected chi connectivity index (χ0v) is 23.5. The summed E-state index contributed by atoms with van der Waals surface area (Å²) in [6.45, 7) is 0. The van der Waals surface area contributed by atoms with E-state index >= 15 is 0 Å². The van der Waals surface area contributed by atoms with Gasteiger partial charge in [0.2, 0.25) is 0 Å². The van der Waals surface area contributed by atoms with Crippen molar-refractivity contribution in [2.75, 3.05) is 0 Å². The average molecular weight is 587 g/mol. The van der Waals surface area contributed by atoms with Gasteiger partial charge >= 0.3 is 0 Å². The van der Waals surface area contributed by atoms with E-state index < -0.39 is 83.6 Å². The number of hydrogen-bond acceptors (Lipinski definition) is 1. The average Bonchev–Trinajstić information content (AvgIpc) is 3.62. The highest BCUT2D eigenvalue weighted by Crippen LogP contribution is 2.46. The van der Waals surface area contributed by atoms with Crippen LogP contribution >= 0.6 is 0 Å². The number of furan rings is 1. The monoisotopic (exact) mass is 586 g/mol. The maximum atomic E-state index is 9.34. The van der Waals surface area contributed by atoms with Crippen LogP contribution in [0.1, 0.15) is 19.2 Å². The molecule has 0 saturated carbocycles. The van der Waals surface area contributed by atoms with Crippen LogP contribution in [0.25, 0.3) is 88.0 Å². The predicted molar refractivity (Wildman–Crippen MR) is 190 cm³/mol. The smallest absolute Gasteiger partial charge is 0.136 e. The third-order valence-electron chi connectivity index (χ3n) is 8.09. The number of benzene rings is 8. The largest absolute Gasteiger partial charge is 0.456 e. The van der Waals surface area contributed by atoms with Gasteiger partial charge in [-0.05, 0) is 84.3 Å². The molecule has 0 N–H and O–H groups in total. The van der Waals surface area contributed by atoms with Gasteiger partial charge in [-0.25, -0.2) is 0 Å². The van der Waals surface area contributed by atoms with E-state index in [1.165, 1.54) is 0 Å². The van der Waals surface area contributed by atoms with Gasteiger partial charge in [0.05, 0.1) is 19.2 Å². The lowest BCUT2D eigenvalue weighted by molar-refractivity contribution is 0.669. The van der Waals surface area contributed by atoms with Gasteiger partial charge in [0.25, 0.3) is 0 Å². The maximum Gasteiger partial charge on any atom is 0.136 e. The minimum atomic E-state index is -0.662. The summed E-state index contributed by atoms with van der Waals surface area (Å²) < 4.78 is 128. The summed E-state index contributed by atoms with van der Waals surface area (Å²) in [5, 5.41) is 3.62. The molecule has 0 atom stereocenters. The fraction of sp³-hybridized carbons (Fsp3) is 0. The molecule has 0 saturated heterocycles. The van der Waals surface area contributed by atoms with Crippen molar-refractivity contribution in [3.63, 3.8) is 0 Å². The minimum absolute atomic E-state index is 0.00230. The number of fused-ring (bicyclic) bond motifs is 5. The predicted octanol–water partition coefficient (Wildman–Crippen LogP) is 12.6. The third-order valence-corrected chi connectivity index (χ3v) is 8.09. The summed E-state index contributed by atoms with van der Waals surface area (Å²) in [6, 6.07) is 17.8. The highest BCUT2D eigenvalue weighted by molar-refractivity contribution is 6.23. The lowest BCUT2D eigenvalue weighted by atomic mass is 9.84. The molecule has 1 heterocycles. The summed E-state index contributed by atoms with van der Waals surface area (Å²) in [5.74, 6) is 0. The molecular formula is C44H28O. The quantitative estimate of drug-likeness (QED) is 0.187. The second kappa shape index (κ2) is 10.4. The number of para-hydroxylation sites is 1. The Labute approximate surface area is 281 Å². The Hall–Kier alpha value is -5.92. The molecule has 0 aliphatic heterocycles. The van der Waals surface area contributed by atoms with Gasteiger partial charge in [0.1, 0.15) is 11.2 Å². The van der Waals surface area contributed by atoms with Crippen molar-refractivity contribution < 1.29 is 23.6 Å². The van der Waals surface area contributed by atoms with Gasteiger partial charge in [-0.15, -0.1) is 0 Å². The molecule has 0 unspecified atom stereocenters. The molecule has 8 aromatic carbocycles. The zero-order chi connectivity index (χ0) is 41.9. The number of hydrogen-bond donors (Lipinski definition) is 0. The van der Waals surface area contributed by atoms with Gasteiger partial charge in [-0.1, -0.05) is 151 Å². The van der Waals surface area contributed by atoms with E-state index in [2.05, 4.69) is 0 Å². The van der Waals surface area contributed by atoms with Gasteiger partial charge in [0, 0.05) is 10.8 Å². The number of rotatable bonds is 4. The van der Waals surface area contributed by atoms with Crippen LogP contribution in [0.5, 0.6) is 0 Å². The molecule has 1 heteroatoms. The van der Waals surface area contributed by atoms with Crippen LogP contribution in [0, 0.1) is 0 Å². The normalized spacial score (nSPS) is 15.9. The van der Waals surface area contributed by atoms with Crippen molar-refractivity contribution in [1.82, 2.24) is 0 Å².